The number of hydrogen-bond donors (Lipinski definition) is 1. The maximum Gasteiger partial charge on any atom is 0.514 e. The van der Waals surface area contributed by atoms with Gasteiger partial charge in [-0.2, -0.15) is 4.79 Å². The zero-order chi connectivity index (χ0) is 22.4. The van der Waals surface area contributed by atoms with E-state index in [1.54, 1.807) is 20.8 Å². The molecule has 4 rings (SSSR count). The Hall–Kier alpha value is -3.19. The SMILES string of the molecule is CC(C)(C)OC(=O)N1CC[N+](CC2c3ccccc3-c3ccccc32)(C(=O)O)CC1=O. The van der Waals surface area contributed by atoms with Gasteiger partial charge >= 0.3 is 12.2 Å². The standard InChI is InChI=1S/C24H26N2O5/c1-24(2,3)31-22(28)25-12-13-26(23(29)30,15-21(25)27)14-20-18-10-6-4-8-16(18)17-9-5-7-11-19(17)20/h4-11,20H,12-15H2,1-3H3/p+1. The van der Waals surface area contributed by atoms with E-state index >= 15 is 0 Å². The Morgan fingerprint density at radius 2 is 1.61 bits per heavy atom. The van der Waals surface area contributed by atoms with Crippen LogP contribution in [0.25, 0.3) is 11.1 Å². The molecule has 7 heteroatoms. The number of rotatable bonds is 2. The highest BCUT2D eigenvalue weighted by Gasteiger charge is 2.49. The van der Waals surface area contributed by atoms with Crippen LogP contribution in [0.5, 0.6) is 0 Å². The van der Waals surface area contributed by atoms with Gasteiger partial charge in [0, 0.05) is 0 Å². The van der Waals surface area contributed by atoms with Gasteiger partial charge < -0.3 is 9.84 Å². The van der Waals surface area contributed by atoms with Gasteiger partial charge in [0.15, 0.2) is 6.54 Å². The van der Waals surface area contributed by atoms with Gasteiger partial charge in [0.1, 0.15) is 18.7 Å². The predicted octanol–water partition coefficient (Wildman–Crippen LogP) is 4.07. The average Bonchev–Trinajstić information content (AvgIpc) is 3.00. The van der Waals surface area contributed by atoms with Gasteiger partial charge in [0.2, 0.25) is 0 Å². The minimum absolute atomic E-state index is 0.00998. The molecule has 0 aromatic heterocycles. The van der Waals surface area contributed by atoms with Crippen LogP contribution in [0.3, 0.4) is 0 Å². The first-order chi connectivity index (χ1) is 14.6. The van der Waals surface area contributed by atoms with Gasteiger partial charge in [0.25, 0.3) is 5.91 Å². The number of hydrogen-bond acceptors (Lipinski definition) is 4. The molecule has 1 saturated heterocycles. The first-order valence-electron chi connectivity index (χ1n) is 10.4. The molecule has 0 saturated carbocycles. The lowest BCUT2D eigenvalue weighted by molar-refractivity contribution is -0.853. The molecule has 2 aliphatic rings. The van der Waals surface area contributed by atoms with Crippen LogP contribution in [0.4, 0.5) is 9.59 Å². The molecule has 7 nitrogen and oxygen atoms in total. The van der Waals surface area contributed by atoms with Crippen LogP contribution in [0.2, 0.25) is 0 Å². The maximum absolute atomic E-state index is 12.9. The Labute approximate surface area is 181 Å². The van der Waals surface area contributed by atoms with Crippen molar-refractivity contribution in [2.45, 2.75) is 32.3 Å². The molecule has 31 heavy (non-hydrogen) atoms. The monoisotopic (exact) mass is 423 g/mol. The number of carbonyl (C=O) groups excluding carboxylic acids is 2. The molecule has 162 valence electrons. The van der Waals surface area contributed by atoms with Gasteiger partial charge in [-0.1, -0.05) is 48.5 Å². The average molecular weight is 423 g/mol. The molecule has 0 radical (unpaired) electrons. The number of piperazine rings is 1. The molecule has 2 aromatic carbocycles. The first kappa shape index (κ1) is 21.1. The summed E-state index contributed by atoms with van der Waals surface area (Å²) in [5.74, 6) is -0.660. The number of quaternary nitrogens is 1. The zero-order valence-corrected chi connectivity index (χ0v) is 18.0. The third-order valence-corrected chi connectivity index (χ3v) is 6.00. The quantitative estimate of drug-likeness (QED) is 0.736. The molecule has 0 bridgehead atoms. The number of carbonyl (C=O) groups is 3. The summed E-state index contributed by atoms with van der Waals surface area (Å²) in [6, 6.07) is 16.0. The fourth-order valence-corrected chi connectivity index (χ4v) is 4.55. The van der Waals surface area contributed by atoms with E-state index in [9.17, 15) is 19.5 Å². The summed E-state index contributed by atoms with van der Waals surface area (Å²) in [4.78, 5) is 38.7. The van der Waals surface area contributed by atoms with Gasteiger partial charge in [-0.05, 0) is 43.0 Å². The first-order valence-corrected chi connectivity index (χ1v) is 10.4. The Morgan fingerprint density at radius 1 is 1.06 bits per heavy atom. The molecule has 1 aliphatic heterocycles. The Kier molecular flexibility index (Phi) is 5.09. The van der Waals surface area contributed by atoms with Gasteiger partial charge in [-0.15, -0.1) is 0 Å². The number of amides is 3. The molecule has 1 N–H and O–H groups in total. The molecule has 3 amide bonds. The van der Waals surface area contributed by atoms with Crippen molar-refractivity contribution in [3.8, 4) is 11.1 Å². The summed E-state index contributed by atoms with van der Waals surface area (Å²) in [6.07, 6.45) is -1.78. The van der Waals surface area contributed by atoms with Crippen molar-refractivity contribution < 1.29 is 28.7 Å². The van der Waals surface area contributed by atoms with Gasteiger partial charge in [-0.25, -0.2) is 14.2 Å². The zero-order valence-electron chi connectivity index (χ0n) is 18.0. The summed E-state index contributed by atoms with van der Waals surface area (Å²) in [7, 11) is 0. The molecule has 2 aromatic rings. The van der Waals surface area contributed by atoms with E-state index in [1.807, 2.05) is 48.5 Å². The number of carboxylic acid groups (broad SMARTS) is 1. The van der Waals surface area contributed by atoms with Crippen LogP contribution >= 0.6 is 0 Å². The molecule has 1 aliphatic carbocycles. The normalized spacial score (nSPS) is 20.9. The largest absolute Gasteiger partial charge is 0.514 e. The van der Waals surface area contributed by atoms with Crippen LogP contribution in [0.1, 0.15) is 37.8 Å². The fourth-order valence-electron chi connectivity index (χ4n) is 4.55. The molecular formula is C24H27N2O5+. The maximum atomic E-state index is 12.9. The highest BCUT2D eigenvalue weighted by molar-refractivity contribution is 5.93. The summed E-state index contributed by atoms with van der Waals surface area (Å²) in [5.41, 5.74) is 3.62. The predicted molar refractivity (Wildman–Crippen MR) is 115 cm³/mol. The molecular weight excluding hydrogens is 396 g/mol. The lowest BCUT2D eigenvalue weighted by Crippen LogP contribution is -2.66. The smallest absolute Gasteiger partial charge is 0.443 e. The Bertz CT molecular complexity index is 1010. The summed E-state index contributed by atoms with van der Waals surface area (Å²) >= 11 is 0. The highest BCUT2D eigenvalue weighted by Crippen LogP contribution is 2.45. The van der Waals surface area contributed by atoms with E-state index in [2.05, 4.69) is 0 Å². The van der Waals surface area contributed by atoms with Crippen LogP contribution in [-0.4, -0.2) is 64.4 Å². The van der Waals surface area contributed by atoms with Crippen molar-refractivity contribution in [3.05, 3.63) is 59.7 Å². The minimum Gasteiger partial charge on any atom is -0.443 e. The summed E-state index contributed by atoms with van der Waals surface area (Å²) < 4.78 is 4.90. The second-order valence-corrected chi connectivity index (χ2v) is 9.24. The number of nitrogens with zero attached hydrogens (tertiary/aromatic N) is 2. The molecule has 1 atom stereocenters. The summed E-state index contributed by atoms with van der Waals surface area (Å²) in [5, 5.41) is 10.2. The van der Waals surface area contributed by atoms with Crippen molar-refractivity contribution in [2.24, 2.45) is 0 Å². The number of benzene rings is 2. The molecule has 1 unspecified atom stereocenters. The van der Waals surface area contributed by atoms with Gasteiger partial charge in [-0.3, -0.25) is 4.79 Å². The Balaban J connectivity index is 1.62. The lowest BCUT2D eigenvalue weighted by Gasteiger charge is -2.40. The van der Waals surface area contributed by atoms with Crippen LogP contribution < -0.4 is 0 Å². The van der Waals surface area contributed by atoms with E-state index in [0.717, 1.165) is 27.2 Å². The van der Waals surface area contributed by atoms with E-state index in [4.69, 9.17) is 4.74 Å². The molecule has 1 heterocycles. The van der Waals surface area contributed by atoms with Crippen molar-refractivity contribution >= 4 is 18.1 Å². The van der Waals surface area contributed by atoms with Crippen molar-refractivity contribution in [2.75, 3.05) is 26.2 Å². The van der Waals surface area contributed by atoms with Crippen molar-refractivity contribution in [1.29, 1.82) is 0 Å². The lowest BCUT2D eigenvalue weighted by atomic mass is 9.95. The third kappa shape index (κ3) is 3.81. The van der Waals surface area contributed by atoms with Crippen molar-refractivity contribution in [3.63, 3.8) is 0 Å². The number of ether oxygens (including phenoxy) is 1. The second kappa shape index (κ2) is 7.50. The van der Waals surface area contributed by atoms with E-state index < -0.39 is 28.2 Å². The summed E-state index contributed by atoms with van der Waals surface area (Å²) in [6.45, 7) is 5.30. The third-order valence-electron chi connectivity index (χ3n) is 6.00. The highest BCUT2D eigenvalue weighted by atomic mass is 16.6. The van der Waals surface area contributed by atoms with E-state index in [-0.39, 0.29) is 32.1 Å². The topological polar surface area (TPSA) is 83.9 Å². The van der Waals surface area contributed by atoms with Crippen LogP contribution in [0.15, 0.2) is 48.5 Å². The second-order valence-electron chi connectivity index (χ2n) is 9.24. The molecule has 1 fully saturated rings. The fraction of sp³-hybridized carbons (Fsp3) is 0.375. The Morgan fingerprint density at radius 3 is 2.10 bits per heavy atom. The number of fused-ring (bicyclic) bond motifs is 3. The van der Waals surface area contributed by atoms with Crippen LogP contribution in [-0.2, 0) is 9.53 Å². The van der Waals surface area contributed by atoms with Gasteiger partial charge in [0.05, 0.1) is 12.5 Å². The van der Waals surface area contributed by atoms with Crippen molar-refractivity contribution in [1.82, 2.24) is 4.90 Å². The van der Waals surface area contributed by atoms with E-state index in [1.165, 1.54) is 0 Å². The van der Waals surface area contributed by atoms with E-state index in [0.29, 0.717) is 0 Å². The minimum atomic E-state index is -1.06. The number of imide groups is 1. The molecule has 0 spiro atoms. The van der Waals surface area contributed by atoms with Crippen LogP contribution in [0, 0.1) is 0 Å².